The Balaban J connectivity index is 1.74. The SMILES string of the molecule is Cn1c(=O)c(-c2c(Cl)cccc2Cl)c2ncc(OCc3ccc(F)cc3F)cn21. The van der Waals surface area contributed by atoms with Gasteiger partial charge in [-0.25, -0.2) is 23.0 Å². The van der Waals surface area contributed by atoms with Crippen molar-refractivity contribution in [3.8, 4) is 16.9 Å². The molecule has 0 atom stereocenters. The molecule has 148 valence electrons. The molecule has 0 unspecified atom stereocenters. The molecule has 0 saturated heterocycles. The lowest BCUT2D eigenvalue weighted by atomic mass is 10.1. The molecule has 2 aromatic heterocycles. The van der Waals surface area contributed by atoms with Gasteiger partial charge in [-0.1, -0.05) is 29.3 Å². The third-order valence-electron chi connectivity index (χ3n) is 4.46. The third-order valence-corrected chi connectivity index (χ3v) is 5.09. The summed E-state index contributed by atoms with van der Waals surface area (Å²) in [6.45, 7) is -0.127. The van der Waals surface area contributed by atoms with E-state index in [-0.39, 0.29) is 23.3 Å². The lowest BCUT2D eigenvalue weighted by molar-refractivity contribution is 0.295. The second kappa shape index (κ2) is 7.50. The predicted octanol–water partition coefficient (Wildman–Crippen LogP) is 4.86. The zero-order chi connectivity index (χ0) is 20.7. The highest BCUT2D eigenvalue weighted by Gasteiger charge is 2.21. The quantitative estimate of drug-likeness (QED) is 0.459. The minimum absolute atomic E-state index is 0.127. The van der Waals surface area contributed by atoms with Crippen LogP contribution in [-0.2, 0) is 13.7 Å². The van der Waals surface area contributed by atoms with Gasteiger partial charge in [-0.3, -0.25) is 4.79 Å². The van der Waals surface area contributed by atoms with E-state index >= 15 is 0 Å². The fraction of sp³-hybridized carbons (Fsp3) is 0.100. The van der Waals surface area contributed by atoms with Gasteiger partial charge in [0.2, 0.25) is 0 Å². The molecule has 0 bridgehead atoms. The first-order chi connectivity index (χ1) is 13.9. The molecule has 4 rings (SSSR count). The maximum absolute atomic E-state index is 13.8. The highest BCUT2D eigenvalue weighted by Crippen LogP contribution is 2.35. The number of aromatic nitrogens is 3. The Kier molecular flexibility index (Phi) is 5.02. The summed E-state index contributed by atoms with van der Waals surface area (Å²) in [5, 5.41) is 0.660. The molecule has 5 nitrogen and oxygen atoms in total. The van der Waals surface area contributed by atoms with Crippen molar-refractivity contribution in [2.45, 2.75) is 6.61 Å². The first kappa shape index (κ1) is 19.4. The second-order valence-electron chi connectivity index (χ2n) is 6.28. The number of hydrogen-bond donors (Lipinski definition) is 0. The van der Waals surface area contributed by atoms with Crippen LogP contribution in [0.5, 0.6) is 5.75 Å². The summed E-state index contributed by atoms with van der Waals surface area (Å²) in [6.07, 6.45) is 2.95. The number of nitrogens with zero attached hydrogens (tertiary/aromatic N) is 3. The summed E-state index contributed by atoms with van der Waals surface area (Å²) in [5.41, 5.74) is 0.853. The Morgan fingerprint density at radius 2 is 1.83 bits per heavy atom. The van der Waals surface area contributed by atoms with E-state index in [1.165, 1.54) is 21.5 Å². The molecular formula is C20H13Cl2F2N3O2. The van der Waals surface area contributed by atoms with Gasteiger partial charge >= 0.3 is 0 Å². The van der Waals surface area contributed by atoms with E-state index in [0.29, 0.717) is 27.0 Å². The van der Waals surface area contributed by atoms with Gasteiger partial charge in [0, 0.05) is 24.2 Å². The average Bonchev–Trinajstić information content (AvgIpc) is 2.92. The van der Waals surface area contributed by atoms with Crippen LogP contribution in [0.1, 0.15) is 5.56 Å². The molecule has 0 aliphatic rings. The van der Waals surface area contributed by atoms with Crippen molar-refractivity contribution in [2.75, 3.05) is 0 Å². The fourth-order valence-electron chi connectivity index (χ4n) is 2.99. The Morgan fingerprint density at radius 1 is 1.10 bits per heavy atom. The maximum atomic E-state index is 13.8. The number of rotatable bonds is 4. The van der Waals surface area contributed by atoms with Crippen LogP contribution in [0.4, 0.5) is 8.78 Å². The van der Waals surface area contributed by atoms with Crippen LogP contribution in [-0.4, -0.2) is 14.2 Å². The van der Waals surface area contributed by atoms with Crippen LogP contribution in [0, 0.1) is 11.6 Å². The van der Waals surface area contributed by atoms with E-state index in [4.69, 9.17) is 27.9 Å². The van der Waals surface area contributed by atoms with Crippen molar-refractivity contribution in [1.29, 1.82) is 0 Å². The van der Waals surface area contributed by atoms with E-state index < -0.39 is 11.6 Å². The first-order valence-corrected chi connectivity index (χ1v) is 9.21. The van der Waals surface area contributed by atoms with Gasteiger partial charge in [-0.15, -0.1) is 0 Å². The van der Waals surface area contributed by atoms with Crippen molar-refractivity contribution >= 4 is 28.8 Å². The first-order valence-electron chi connectivity index (χ1n) is 8.45. The van der Waals surface area contributed by atoms with Crippen LogP contribution < -0.4 is 10.3 Å². The topological polar surface area (TPSA) is 48.5 Å². The van der Waals surface area contributed by atoms with Crippen molar-refractivity contribution in [1.82, 2.24) is 14.2 Å². The monoisotopic (exact) mass is 435 g/mol. The number of ether oxygens (including phenoxy) is 1. The van der Waals surface area contributed by atoms with Crippen molar-refractivity contribution in [3.63, 3.8) is 0 Å². The standard InChI is InChI=1S/C20H13Cl2F2N3O2/c1-26-20(28)18(17-14(21)3-2-4-15(17)22)19-25-8-13(9-27(19)26)29-10-11-5-6-12(23)7-16(11)24/h2-9H,10H2,1H3. The Hall–Kier alpha value is -2.90. The molecule has 0 spiro atoms. The van der Waals surface area contributed by atoms with Gasteiger partial charge in [0.15, 0.2) is 11.4 Å². The number of aryl methyl sites for hydroxylation is 1. The lowest BCUT2D eigenvalue weighted by Gasteiger charge is -2.09. The lowest BCUT2D eigenvalue weighted by Crippen LogP contribution is -2.16. The number of fused-ring (bicyclic) bond motifs is 1. The Morgan fingerprint density at radius 3 is 2.52 bits per heavy atom. The van der Waals surface area contributed by atoms with E-state index in [1.54, 1.807) is 31.4 Å². The van der Waals surface area contributed by atoms with Crippen molar-refractivity contribution in [2.24, 2.45) is 7.05 Å². The van der Waals surface area contributed by atoms with E-state index in [9.17, 15) is 13.6 Å². The normalized spacial score (nSPS) is 11.2. The smallest absolute Gasteiger partial charge is 0.277 e. The summed E-state index contributed by atoms with van der Waals surface area (Å²) >= 11 is 12.5. The molecule has 0 N–H and O–H groups in total. The molecule has 2 heterocycles. The van der Waals surface area contributed by atoms with Gasteiger partial charge in [0.05, 0.1) is 28.0 Å². The molecule has 0 amide bonds. The molecule has 9 heteroatoms. The van der Waals surface area contributed by atoms with Gasteiger partial charge in [-0.05, 0) is 24.3 Å². The van der Waals surface area contributed by atoms with E-state index in [0.717, 1.165) is 12.1 Å². The summed E-state index contributed by atoms with van der Waals surface area (Å²) in [5.74, 6) is -1.07. The molecule has 0 fully saturated rings. The van der Waals surface area contributed by atoms with Gasteiger partial charge in [0.1, 0.15) is 18.2 Å². The summed E-state index contributed by atoms with van der Waals surface area (Å²) in [7, 11) is 1.56. The van der Waals surface area contributed by atoms with Crippen LogP contribution in [0.3, 0.4) is 0 Å². The third kappa shape index (κ3) is 3.47. The molecule has 4 aromatic rings. The van der Waals surface area contributed by atoms with Gasteiger partial charge in [-0.2, -0.15) is 0 Å². The zero-order valence-corrected chi connectivity index (χ0v) is 16.5. The van der Waals surface area contributed by atoms with E-state index in [2.05, 4.69) is 4.98 Å². The maximum Gasteiger partial charge on any atom is 0.277 e. The van der Waals surface area contributed by atoms with Crippen LogP contribution in [0.2, 0.25) is 10.0 Å². The number of halogens is 4. The summed E-state index contributed by atoms with van der Waals surface area (Å²) in [4.78, 5) is 17.1. The Labute approximate surface area is 173 Å². The van der Waals surface area contributed by atoms with Crippen LogP contribution in [0.15, 0.2) is 53.6 Å². The number of benzene rings is 2. The minimum Gasteiger partial charge on any atom is -0.486 e. The number of hydrogen-bond acceptors (Lipinski definition) is 3. The van der Waals surface area contributed by atoms with Crippen LogP contribution in [0.25, 0.3) is 16.8 Å². The van der Waals surface area contributed by atoms with E-state index in [1.807, 2.05) is 0 Å². The zero-order valence-electron chi connectivity index (χ0n) is 15.0. The molecule has 0 aliphatic heterocycles. The molecule has 0 radical (unpaired) electrons. The molecule has 29 heavy (non-hydrogen) atoms. The average molecular weight is 436 g/mol. The predicted molar refractivity (Wildman–Crippen MR) is 107 cm³/mol. The molecule has 2 aromatic carbocycles. The van der Waals surface area contributed by atoms with Crippen LogP contribution >= 0.6 is 23.2 Å². The van der Waals surface area contributed by atoms with Gasteiger partial charge in [0.25, 0.3) is 5.56 Å². The summed E-state index contributed by atoms with van der Waals surface area (Å²) in [6, 6.07) is 8.21. The molecular weight excluding hydrogens is 423 g/mol. The minimum atomic E-state index is -0.706. The Bertz CT molecular complexity index is 1280. The highest BCUT2D eigenvalue weighted by molar-refractivity contribution is 6.39. The highest BCUT2D eigenvalue weighted by atomic mass is 35.5. The molecule has 0 aliphatic carbocycles. The fourth-order valence-corrected chi connectivity index (χ4v) is 3.58. The largest absolute Gasteiger partial charge is 0.486 e. The molecule has 0 saturated carbocycles. The second-order valence-corrected chi connectivity index (χ2v) is 7.10. The van der Waals surface area contributed by atoms with Gasteiger partial charge < -0.3 is 4.74 Å². The summed E-state index contributed by atoms with van der Waals surface area (Å²) < 4.78 is 35.2. The van der Waals surface area contributed by atoms with Crippen molar-refractivity contribution in [3.05, 3.63) is 86.4 Å². The van der Waals surface area contributed by atoms with Crippen molar-refractivity contribution < 1.29 is 13.5 Å².